The van der Waals surface area contributed by atoms with Gasteiger partial charge in [-0.25, -0.2) is 0 Å². The first-order chi connectivity index (χ1) is 7.03. The molecule has 4 heteroatoms. The van der Waals surface area contributed by atoms with Crippen LogP contribution in [-0.2, 0) is 14.3 Å². The lowest BCUT2D eigenvalue weighted by molar-refractivity contribution is -0.143. The maximum absolute atomic E-state index is 11.6. The number of hydrogen-bond donors (Lipinski definition) is 1. The molecule has 1 heterocycles. The Labute approximate surface area is 90.4 Å². The van der Waals surface area contributed by atoms with Crippen LogP contribution in [0.15, 0.2) is 0 Å². The van der Waals surface area contributed by atoms with Crippen LogP contribution in [0.25, 0.3) is 0 Å². The van der Waals surface area contributed by atoms with E-state index in [2.05, 4.69) is 5.32 Å². The largest absolute Gasteiger partial charge is 0.385 e. The van der Waals surface area contributed by atoms with Gasteiger partial charge in [0.05, 0.1) is 0 Å². The molecule has 0 aromatic carbocycles. The second-order valence-electron chi connectivity index (χ2n) is 4.45. The summed E-state index contributed by atoms with van der Waals surface area (Å²) in [6.45, 7) is 4.56. The van der Waals surface area contributed by atoms with Gasteiger partial charge in [-0.3, -0.25) is 14.9 Å². The van der Waals surface area contributed by atoms with Gasteiger partial charge in [0, 0.05) is 26.1 Å². The molecule has 86 valence electrons. The summed E-state index contributed by atoms with van der Waals surface area (Å²) in [7, 11) is 1.63. The van der Waals surface area contributed by atoms with Crippen molar-refractivity contribution in [3.63, 3.8) is 0 Å². The van der Waals surface area contributed by atoms with E-state index in [1.54, 1.807) is 7.11 Å². The molecule has 2 amide bonds. The minimum atomic E-state index is -0.246. The lowest BCUT2D eigenvalue weighted by Crippen LogP contribution is -2.51. The zero-order valence-corrected chi connectivity index (χ0v) is 9.63. The molecule has 0 bridgehead atoms. The summed E-state index contributed by atoms with van der Waals surface area (Å²) in [5, 5.41) is 2.39. The van der Waals surface area contributed by atoms with Crippen molar-refractivity contribution in [3.05, 3.63) is 0 Å². The molecule has 2 unspecified atom stereocenters. The van der Waals surface area contributed by atoms with Gasteiger partial charge in [0.2, 0.25) is 11.8 Å². The highest BCUT2D eigenvalue weighted by Gasteiger charge is 2.43. The number of imide groups is 1. The van der Waals surface area contributed by atoms with Crippen LogP contribution in [-0.4, -0.2) is 25.5 Å². The van der Waals surface area contributed by atoms with Gasteiger partial charge in [0.25, 0.3) is 0 Å². The third-order valence-corrected chi connectivity index (χ3v) is 3.27. The average molecular weight is 213 g/mol. The fourth-order valence-corrected chi connectivity index (χ4v) is 2.35. The van der Waals surface area contributed by atoms with E-state index in [-0.39, 0.29) is 23.1 Å². The van der Waals surface area contributed by atoms with Crippen molar-refractivity contribution in [2.75, 3.05) is 13.7 Å². The number of hydrogen-bond acceptors (Lipinski definition) is 3. The van der Waals surface area contributed by atoms with E-state index in [0.29, 0.717) is 13.0 Å². The highest BCUT2D eigenvalue weighted by molar-refractivity contribution is 5.99. The number of nitrogens with one attached hydrogen (secondary N) is 1. The maximum Gasteiger partial charge on any atom is 0.230 e. The van der Waals surface area contributed by atoms with Crippen LogP contribution in [0, 0.1) is 11.3 Å². The summed E-state index contributed by atoms with van der Waals surface area (Å²) in [6, 6.07) is 0. The van der Waals surface area contributed by atoms with E-state index < -0.39 is 0 Å². The predicted molar refractivity (Wildman–Crippen MR) is 56.1 cm³/mol. The Morgan fingerprint density at radius 2 is 2.20 bits per heavy atom. The molecule has 1 saturated heterocycles. The molecule has 1 fully saturated rings. The first-order valence-electron chi connectivity index (χ1n) is 5.36. The van der Waals surface area contributed by atoms with Crippen LogP contribution in [0.3, 0.4) is 0 Å². The number of amides is 2. The van der Waals surface area contributed by atoms with Crippen LogP contribution in [0.1, 0.15) is 33.1 Å². The molecular formula is C11H19NO3. The van der Waals surface area contributed by atoms with E-state index in [0.717, 1.165) is 12.8 Å². The van der Waals surface area contributed by atoms with Gasteiger partial charge in [-0.2, -0.15) is 0 Å². The molecule has 0 saturated carbocycles. The SMILES string of the molecule is CCC1C(=O)NC(=O)CC1(C)CCOC. The molecular weight excluding hydrogens is 194 g/mol. The molecule has 0 aromatic heterocycles. The lowest BCUT2D eigenvalue weighted by atomic mass is 9.68. The number of carbonyl (C=O) groups excluding carboxylic acids is 2. The van der Waals surface area contributed by atoms with E-state index in [1.807, 2.05) is 13.8 Å². The Kier molecular flexibility index (Phi) is 3.85. The molecule has 0 aliphatic carbocycles. The van der Waals surface area contributed by atoms with E-state index in [1.165, 1.54) is 0 Å². The van der Waals surface area contributed by atoms with Crippen LogP contribution in [0.5, 0.6) is 0 Å². The lowest BCUT2D eigenvalue weighted by Gasteiger charge is -2.39. The third kappa shape index (κ3) is 2.56. The monoisotopic (exact) mass is 213 g/mol. The van der Waals surface area contributed by atoms with Gasteiger partial charge in [0.15, 0.2) is 0 Å². The Morgan fingerprint density at radius 3 is 2.73 bits per heavy atom. The van der Waals surface area contributed by atoms with Crippen molar-refractivity contribution in [1.82, 2.24) is 5.32 Å². The first-order valence-corrected chi connectivity index (χ1v) is 5.36. The standard InChI is InChI=1S/C11H19NO3/c1-4-8-10(14)12-9(13)7-11(8,2)5-6-15-3/h8H,4-7H2,1-3H3,(H,12,13,14). The zero-order valence-electron chi connectivity index (χ0n) is 9.63. The van der Waals surface area contributed by atoms with Crippen LogP contribution in [0.2, 0.25) is 0 Å². The summed E-state index contributed by atoms with van der Waals surface area (Å²) >= 11 is 0. The Balaban J connectivity index is 2.80. The second kappa shape index (κ2) is 4.75. The second-order valence-corrected chi connectivity index (χ2v) is 4.45. The summed E-state index contributed by atoms with van der Waals surface area (Å²) < 4.78 is 5.03. The molecule has 0 spiro atoms. The number of methoxy groups -OCH3 is 1. The van der Waals surface area contributed by atoms with Crippen LogP contribution < -0.4 is 5.32 Å². The molecule has 0 radical (unpaired) electrons. The van der Waals surface area contributed by atoms with Gasteiger partial charge in [0.1, 0.15) is 0 Å². The molecule has 1 aliphatic rings. The van der Waals surface area contributed by atoms with E-state index in [4.69, 9.17) is 4.74 Å². The van der Waals surface area contributed by atoms with Crippen molar-refractivity contribution in [3.8, 4) is 0 Å². The molecule has 15 heavy (non-hydrogen) atoms. The Hall–Kier alpha value is -0.900. The molecule has 1 rings (SSSR count). The third-order valence-electron chi connectivity index (χ3n) is 3.27. The smallest absolute Gasteiger partial charge is 0.230 e. The molecule has 0 aromatic rings. The maximum atomic E-state index is 11.6. The van der Waals surface area contributed by atoms with Crippen LogP contribution in [0.4, 0.5) is 0 Å². The Bertz CT molecular complexity index is 265. The first kappa shape index (κ1) is 12.2. The fourth-order valence-electron chi connectivity index (χ4n) is 2.35. The van der Waals surface area contributed by atoms with Gasteiger partial charge >= 0.3 is 0 Å². The van der Waals surface area contributed by atoms with Crippen LogP contribution >= 0.6 is 0 Å². The topological polar surface area (TPSA) is 55.4 Å². The van der Waals surface area contributed by atoms with Gasteiger partial charge in [-0.1, -0.05) is 13.8 Å². The number of piperidine rings is 1. The quantitative estimate of drug-likeness (QED) is 0.711. The predicted octanol–water partition coefficient (Wildman–Crippen LogP) is 1.10. The van der Waals surface area contributed by atoms with Gasteiger partial charge in [-0.05, 0) is 18.3 Å². The van der Waals surface area contributed by atoms with Crippen molar-refractivity contribution < 1.29 is 14.3 Å². The van der Waals surface area contributed by atoms with Gasteiger partial charge in [-0.15, -0.1) is 0 Å². The molecule has 1 N–H and O–H groups in total. The number of carbonyl (C=O) groups is 2. The molecule has 4 nitrogen and oxygen atoms in total. The zero-order chi connectivity index (χ0) is 11.5. The fraction of sp³-hybridized carbons (Fsp3) is 0.818. The summed E-state index contributed by atoms with van der Waals surface area (Å²) in [4.78, 5) is 23.0. The number of rotatable bonds is 4. The van der Waals surface area contributed by atoms with Gasteiger partial charge < -0.3 is 4.74 Å². The molecule has 1 aliphatic heterocycles. The van der Waals surface area contributed by atoms with E-state index >= 15 is 0 Å². The Morgan fingerprint density at radius 1 is 1.53 bits per heavy atom. The van der Waals surface area contributed by atoms with E-state index in [9.17, 15) is 9.59 Å². The number of ether oxygens (including phenoxy) is 1. The van der Waals surface area contributed by atoms with Crippen molar-refractivity contribution in [1.29, 1.82) is 0 Å². The highest BCUT2D eigenvalue weighted by Crippen LogP contribution is 2.39. The summed E-state index contributed by atoms with van der Waals surface area (Å²) in [5.74, 6) is -0.374. The minimum Gasteiger partial charge on any atom is -0.385 e. The molecule has 2 atom stereocenters. The van der Waals surface area contributed by atoms with Crippen molar-refractivity contribution in [2.24, 2.45) is 11.3 Å². The average Bonchev–Trinajstić information content (AvgIpc) is 2.14. The normalized spacial score (nSPS) is 31.5. The van der Waals surface area contributed by atoms with Crippen molar-refractivity contribution >= 4 is 11.8 Å². The summed E-state index contributed by atoms with van der Waals surface area (Å²) in [5.41, 5.74) is -0.246. The highest BCUT2D eigenvalue weighted by atomic mass is 16.5. The minimum absolute atomic E-state index is 0.0784. The van der Waals surface area contributed by atoms with Crippen molar-refractivity contribution in [2.45, 2.75) is 33.1 Å². The summed E-state index contributed by atoms with van der Waals surface area (Å²) in [6.07, 6.45) is 1.93.